The van der Waals surface area contributed by atoms with Gasteiger partial charge in [-0.1, -0.05) is 0 Å². The molecule has 2 rings (SSSR count). The molecular formula is C13H11F3N2O. The van der Waals surface area contributed by atoms with E-state index in [9.17, 15) is 13.2 Å². The largest absolute Gasteiger partial charge is 0.354 e. The smallest absolute Gasteiger partial charge is 0.128 e. The Morgan fingerprint density at radius 2 is 1.53 bits per heavy atom. The van der Waals surface area contributed by atoms with Crippen LogP contribution in [-0.2, 0) is 4.84 Å². The zero-order chi connectivity index (χ0) is 13.8. The molecule has 19 heavy (non-hydrogen) atoms. The standard InChI is InChI=1S/C13H11F3N2O/c1-19-18-12-3-2-8(14)7-13(12)17-11-5-9(15)4-10(16)6-11/h2-7,17-18H,1H3. The van der Waals surface area contributed by atoms with Crippen molar-refractivity contribution in [1.82, 2.24) is 0 Å². The van der Waals surface area contributed by atoms with E-state index in [-0.39, 0.29) is 5.69 Å². The van der Waals surface area contributed by atoms with E-state index in [1.807, 2.05) is 0 Å². The van der Waals surface area contributed by atoms with Crippen LogP contribution in [0, 0.1) is 17.5 Å². The summed E-state index contributed by atoms with van der Waals surface area (Å²) >= 11 is 0. The van der Waals surface area contributed by atoms with E-state index in [2.05, 4.69) is 10.8 Å². The van der Waals surface area contributed by atoms with Gasteiger partial charge in [0.15, 0.2) is 0 Å². The van der Waals surface area contributed by atoms with E-state index in [0.29, 0.717) is 11.4 Å². The monoisotopic (exact) mass is 268 g/mol. The van der Waals surface area contributed by atoms with Gasteiger partial charge in [0.1, 0.15) is 17.5 Å². The van der Waals surface area contributed by atoms with Gasteiger partial charge in [-0.3, -0.25) is 10.3 Å². The van der Waals surface area contributed by atoms with E-state index < -0.39 is 17.5 Å². The first-order valence-corrected chi connectivity index (χ1v) is 5.40. The summed E-state index contributed by atoms with van der Waals surface area (Å²) in [5.74, 6) is -1.93. The number of hydrogen-bond donors (Lipinski definition) is 2. The van der Waals surface area contributed by atoms with Crippen LogP contribution in [0.25, 0.3) is 0 Å². The molecular weight excluding hydrogens is 257 g/mol. The van der Waals surface area contributed by atoms with Crippen LogP contribution in [0.5, 0.6) is 0 Å². The number of rotatable bonds is 4. The summed E-state index contributed by atoms with van der Waals surface area (Å²) in [6.07, 6.45) is 0. The summed E-state index contributed by atoms with van der Waals surface area (Å²) in [6, 6.07) is 6.82. The number of halogens is 3. The van der Waals surface area contributed by atoms with Crippen molar-refractivity contribution in [2.24, 2.45) is 0 Å². The summed E-state index contributed by atoms with van der Waals surface area (Å²) in [5.41, 5.74) is 3.44. The predicted molar refractivity (Wildman–Crippen MR) is 66.7 cm³/mol. The topological polar surface area (TPSA) is 33.3 Å². The molecule has 0 amide bonds. The zero-order valence-corrected chi connectivity index (χ0v) is 10.0. The maximum Gasteiger partial charge on any atom is 0.128 e. The third-order valence-corrected chi connectivity index (χ3v) is 2.34. The van der Waals surface area contributed by atoms with Crippen LogP contribution in [0.2, 0.25) is 0 Å². The Kier molecular flexibility index (Phi) is 3.91. The van der Waals surface area contributed by atoms with Crippen molar-refractivity contribution in [3.05, 3.63) is 53.8 Å². The maximum absolute atomic E-state index is 13.2. The highest BCUT2D eigenvalue weighted by atomic mass is 19.1. The van der Waals surface area contributed by atoms with Crippen LogP contribution in [0.4, 0.5) is 30.2 Å². The molecule has 0 fully saturated rings. The predicted octanol–water partition coefficient (Wildman–Crippen LogP) is 3.82. The highest BCUT2D eigenvalue weighted by molar-refractivity contribution is 5.73. The molecule has 0 bridgehead atoms. The molecule has 0 saturated carbocycles. The van der Waals surface area contributed by atoms with Crippen LogP contribution in [-0.4, -0.2) is 7.11 Å². The fraction of sp³-hybridized carbons (Fsp3) is 0.0769. The second kappa shape index (κ2) is 5.62. The van der Waals surface area contributed by atoms with Crippen molar-refractivity contribution >= 4 is 17.1 Å². The van der Waals surface area contributed by atoms with Gasteiger partial charge in [0, 0.05) is 11.8 Å². The molecule has 100 valence electrons. The van der Waals surface area contributed by atoms with Crippen molar-refractivity contribution in [3.63, 3.8) is 0 Å². The first-order chi connectivity index (χ1) is 9.08. The molecule has 0 aromatic heterocycles. The van der Waals surface area contributed by atoms with Crippen LogP contribution in [0.1, 0.15) is 0 Å². The van der Waals surface area contributed by atoms with E-state index in [1.165, 1.54) is 25.3 Å². The summed E-state index contributed by atoms with van der Waals surface area (Å²) in [7, 11) is 1.40. The third-order valence-electron chi connectivity index (χ3n) is 2.34. The molecule has 0 unspecified atom stereocenters. The maximum atomic E-state index is 13.2. The van der Waals surface area contributed by atoms with Gasteiger partial charge in [-0.25, -0.2) is 13.2 Å². The van der Waals surface area contributed by atoms with E-state index in [4.69, 9.17) is 4.84 Å². The Morgan fingerprint density at radius 3 is 2.16 bits per heavy atom. The van der Waals surface area contributed by atoms with Gasteiger partial charge in [0.2, 0.25) is 0 Å². The van der Waals surface area contributed by atoms with Gasteiger partial charge < -0.3 is 5.32 Å². The average Bonchev–Trinajstić information content (AvgIpc) is 2.31. The minimum atomic E-state index is -0.722. The van der Waals surface area contributed by atoms with Crippen LogP contribution >= 0.6 is 0 Å². The molecule has 3 nitrogen and oxygen atoms in total. The third kappa shape index (κ3) is 3.38. The molecule has 2 aromatic rings. The van der Waals surface area contributed by atoms with Gasteiger partial charge in [0.25, 0.3) is 0 Å². The Balaban J connectivity index is 2.33. The Bertz CT molecular complexity index is 570. The fourth-order valence-corrected chi connectivity index (χ4v) is 1.60. The lowest BCUT2D eigenvalue weighted by Gasteiger charge is -2.13. The molecule has 0 spiro atoms. The van der Waals surface area contributed by atoms with E-state index in [1.54, 1.807) is 0 Å². The highest BCUT2D eigenvalue weighted by Gasteiger charge is 2.06. The van der Waals surface area contributed by atoms with Crippen molar-refractivity contribution in [3.8, 4) is 0 Å². The van der Waals surface area contributed by atoms with E-state index in [0.717, 1.165) is 18.2 Å². The molecule has 2 aromatic carbocycles. The first-order valence-electron chi connectivity index (χ1n) is 5.40. The minimum Gasteiger partial charge on any atom is -0.354 e. The number of anilines is 3. The lowest BCUT2D eigenvalue weighted by Crippen LogP contribution is -2.01. The number of nitrogens with one attached hydrogen (secondary N) is 2. The summed E-state index contributed by atoms with van der Waals surface area (Å²) in [4.78, 5) is 4.73. The minimum absolute atomic E-state index is 0.169. The van der Waals surface area contributed by atoms with Gasteiger partial charge in [-0.15, -0.1) is 0 Å². The summed E-state index contributed by atoms with van der Waals surface area (Å²) in [6.45, 7) is 0. The molecule has 0 aliphatic heterocycles. The second-order valence-corrected chi connectivity index (χ2v) is 3.78. The second-order valence-electron chi connectivity index (χ2n) is 3.78. The molecule has 0 radical (unpaired) electrons. The van der Waals surface area contributed by atoms with E-state index >= 15 is 0 Å². The SMILES string of the molecule is CONc1ccc(F)cc1Nc1cc(F)cc(F)c1. The summed E-state index contributed by atoms with van der Waals surface area (Å²) < 4.78 is 39.3. The lowest BCUT2D eigenvalue weighted by atomic mass is 10.2. The van der Waals surface area contributed by atoms with Crippen molar-refractivity contribution in [2.45, 2.75) is 0 Å². The lowest BCUT2D eigenvalue weighted by molar-refractivity contribution is 0.271. The fourth-order valence-electron chi connectivity index (χ4n) is 1.60. The van der Waals surface area contributed by atoms with Gasteiger partial charge >= 0.3 is 0 Å². The number of hydrogen-bond acceptors (Lipinski definition) is 3. The molecule has 6 heteroatoms. The molecule has 0 aliphatic rings. The molecule has 0 aliphatic carbocycles. The average molecular weight is 268 g/mol. The van der Waals surface area contributed by atoms with Crippen molar-refractivity contribution < 1.29 is 18.0 Å². The van der Waals surface area contributed by atoms with Crippen LogP contribution in [0.15, 0.2) is 36.4 Å². The van der Waals surface area contributed by atoms with Gasteiger partial charge in [0.05, 0.1) is 18.5 Å². The Hall–Kier alpha value is -2.21. The molecule has 0 atom stereocenters. The van der Waals surface area contributed by atoms with Crippen molar-refractivity contribution in [2.75, 3.05) is 17.9 Å². The Labute approximate surface area is 108 Å². The number of benzene rings is 2. The zero-order valence-electron chi connectivity index (χ0n) is 10.0. The van der Waals surface area contributed by atoms with Gasteiger partial charge in [-0.05, 0) is 30.3 Å². The first kappa shape index (κ1) is 13.2. The quantitative estimate of drug-likeness (QED) is 0.827. The highest BCUT2D eigenvalue weighted by Crippen LogP contribution is 2.27. The molecule has 0 saturated heterocycles. The van der Waals surface area contributed by atoms with Gasteiger partial charge in [-0.2, -0.15) is 0 Å². The molecule has 2 N–H and O–H groups in total. The summed E-state index contributed by atoms with van der Waals surface area (Å²) in [5, 5.41) is 2.72. The van der Waals surface area contributed by atoms with Crippen LogP contribution < -0.4 is 10.8 Å². The van der Waals surface area contributed by atoms with Crippen LogP contribution in [0.3, 0.4) is 0 Å². The van der Waals surface area contributed by atoms with Crippen molar-refractivity contribution in [1.29, 1.82) is 0 Å². The molecule has 0 heterocycles. The Morgan fingerprint density at radius 1 is 0.842 bits per heavy atom. The normalized spacial score (nSPS) is 10.3.